The minimum Gasteiger partial charge on any atom is -0.497 e. The molecule has 6 nitrogen and oxygen atoms in total. The third kappa shape index (κ3) is 1.97. The largest absolute Gasteiger partial charge is 0.497 e. The van der Waals surface area contributed by atoms with Gasteiger partial charge in [-0.2, -0.15) is 0 Å². The molecule has 0 fully saturated rings. The maximum atomic E-state index is 11.1. The van der Waals surface area contributed by atoms with E-state index < -0.39 is 5.97 Å². The molecule has 3 rings (SSSR count). The molecular weight excluding hydrogens is 258 g/mol. The van der Waals surface area contributed by atoms with E-state index in [-0.39, 0.29) is 5.69 Å². The number of carboxylic acids is 1. The zero-order valence-corrected chi connectivity index (χ0v) is 10.6. The molecule has 0 radical (unpaired) electrons. The molecule has 1 aromatic carbocycles. The zero-order valence-electron chi connectivity index (χ0n) is 10.6. The van der Waals surface area contributed by atoms with Crippen LogP contribution in [0.15, 0.2) is 42.9 Å². The summed E-state index contributed by atoms with van der Waals surface area (Å²) in [6.45, 7) is 0. The molecule has 0 aliphatic rings. The van der Waals surface area contributed by atoms with Crippen LogP contribution in [0.5, 0.6) is 5.75 Å². The lowest BCUT2D eigenvalue weighted by atomic mass is 10.1. The molecule has 0 bridgehead atoms. The molecule has 0 amide bonds. The average Bonchev–Trinajstić information content (AvgIpc) is 2.91. The summed E-state index contributed by atoms with van der Waals surface area (Å²) in [6, 6.07) is 7.42. The summed E-state index contributed by atoms with van der Waals surface area (Å²) in [4.78, 5) is 19.3. The Kier molecular flexibility index (Phi) is 2.83. The summed E-state index contributed by atoms with van der Waals surface area (Å²) >= 11 is 0. The minimum absolute atomic E-state index is 0.0679. The number of carboxylic acid groups (broad SMARTS) is 1. The highest BCUT2D eigenvalue weighted by atomic mass is 16.5. The van der Waals surface area contributed by atoms with E-state index in [2.05, 4.69) is 9.97 Å². The van der Waals surface area contributed by atoms with Gasteiger partial charge in [0.05, 0.1) is 12.8 Å². The van der Waals surface area contributed by atoms with E-state index in [9.17, 15) is 4.79 Å². The van der Waals surface area contributed by atoms with Crippen LogP contribution < -0.4 is 4.74 Å². The van der Waals surface area contributed by atoms with Gasteiger partial charge in [0.1, 0.15) is 5.75 Å². The van der Waals surface area contributed by atoms with Crippen molar-refractivity contribution in [2.45, 2.75) is 0 Å². The fourth-order valence-electron chi connectivity index (χ4n) is 1.99. The van der Waals surface area contributed by atoms with Crippen LogP contribution in [-0.4, -0.2) is 32.6 Å². The number of ether oxygens (including phenoxy) is 1. The first-order valence-corrected chi connectivity index (χ1v) is 5.90. The third-order valence-electron chi connectivity index (χ3n) is 2.94. The number of hydrogen-bond donors (Lipinski definition) is 1. The highest BCUT2D eigenvalue weighted by Gasteiger charge is 2.14. The van der Waals surface area contributed by atoms with E-state index in [1.54, 1.807) is 23.9 Å². The highest BCUT2D eigenvalue weighted by Crippen LogP contribution is 2.23. The Morgan fingerprint density at radius 3 is 3.00 bits per heavy atom. The lowest BCUT2D eigenvalue weighted by molar-refractivity contribution is 0.0692. The fraction of sp³-hybridized carbons (Fsp3) is 0.0714. The highest BCUT2D eigenvalue weighted by molar-refractivity contribution is 5.92. The van der Waals surface area contributed by atoms with E-state index in [0.29, 0.717) is 11.3 Å². The number of imidazole rings is 1. The Labute approximate surface area is 114 Å². The second-order valence-electron chi connectivity index (χ2n) is 4.17. The van der Waals surface area contributed by atoms with Crippen molar-refractivity contribution < 1.29 is 14.6 Å². The standard InChI is InChI=1S/C14H11N3O3/c1-20-10-4-2-3-9(7-10)11-8-17-6-5-15-12(14(18)19)13(17)16-11/h2-8H,1H3,(H,18,19). The summed E-state index contributed by atoms with van der Waals surface area (Å²) in [5.41, 5.74) is 1.77. The number of benzene rings is 1. The second-order valence-corrected chi connectivity index (χ2v) is 4.17. The number of carbonyl (C=O) groups is 1. The molecule has 6 heteroatoms. The van der Waals surface area contributed by atoms with E-state index in [1.807, 2.05) is 24.3 Å². The van der Waals surface area contributed by atoms with Gasteiger partial charge in [-0.05, 0) is 12.1 Å². The molecule has 20 heavy (non-hydrogen) atoms. The predicted octanol–water partition coefficient (Wildman–Crippen LogP) is 2.10. The smallest absolute Gasteiger partial charge is 0.358 e. The van der Waals surface area contributed by atoms with Crippen molar-refractivity contribution in [3.8, 4) is 17.0 Å². The molecule has 2 aromatic heterocycles. The number of methoxy groups -OCH3 is 1. The van der Waals surface area contributed by atoms with Crippen molar-refractivity contribution in [3.05, 3.63) is 48.5 Å². The van der Waals surface area contributed by atoms with E-state index in [4.69, 9.17) is 9.84 Å². The number of hydrogen-bond acceptors (Lipinski definition) is 4. The van der Waals surface area contributed by atoms with Gasteiger partial charge in [0.2, 0.25) is 0 Å². The summed E-state index contributed by atoms with van der Waals surface area (Å²) in [5, 5.41) is 9.11. The van der Waals surface area contributed by atoms with Crippen LogP contribution in [0.4, 0.5) is 0 Å². The van der Waals surface area contributed by atoms with Crippen LogP contribution in [0.3, 0.4) is 0 Å². The minimum atomic E-state index is -1.10. The molecule has 2 heterocycles. The first-order valence-electron chi connectivity index (χ1n) is 5.90. The summed E-state index contributed by atoms with van der Waals surface area (Å²) in [6.07, 6.45) is 4.87. The molecule has 0 aliphatic heterocycles. The number of nitrogens with zero attached hydrogens (tertiary/aromatic N) is 3. The van der Waals surface area contributed by atoms with Crippen molar-refractivity contribution in [2.75, 3.05) is 7.11 Å². The normalized spacial score (nSPS) is 10.7. The van der Waals surface area contributed by atoms with Gasteiger partial charge in [-0.15, -0.1) is 0 Å². The van der Waals surface area contributed by atoms with Crippen molar-refractivity contribution in [3.63, 3.8) is 0 Å². The van der Waals surface area contributed by atoms with Gasteiger partial charge in [0.15, 0.2) is 11.3 Å². The molecule has 0 unspecified atom stereocenters. The Morgan fingerprint density at radius 1 is 1.40 bits per heavy atom. The molecule has 0 atom stereocenters. The van der Waals surface area contributed by atoms with Crippen LogP contribution in [0.25, 0.3) is 16.9 Å². The van der Waals surface area contributed by atoms with Gasteiger partial charge in [0.25, 0.3) is 0 Å². The van der Waals surface area contributed by atoms with Gasteiger partial charge in [-0.25, -0.2) is 14.8 Å². The van der Waals surface area contributed by atoms with Gasteiger partial charge >= 0.3 is 5.97 Å². The lowest BCUT2D eigenvalue weighted by Gasteiger charge is -2.00. The molecular formula is C14H11N3O3. The van der Waals surface area contributed by atoms with Crippen molar-refractivity contribution >= 4 is 11.6 Å². The average molecular weight is 269 g/mol. The maximum absolute atomic E-state index is 11.1. The van der Waals surface area contributed by atoms with Crippen molar-refractivity contribution in [1.82, 2.24) is 14.4 Å². The molecule has 0 spiro atoms. The molecule has 0 saturated heterocycles. The predicted molar refractivity (Wildman–Crippen MR) is 71.9 cm³/mol. The quantitative estimate of drug-likeness (QED) is 0.788. The van der Waals surface area contributed by atoms with Gasteiger partial charge < -0.3 is 14.2 Å². The Morgan fingerprint density at radius 2 is 2.25 bits per heavy atom. The topological polar surface area (TPSA) is 76.7 Å². The van der Waals surface area contributed by atoms with Gasteiger partial charge in [-0.3, -0.25) is 0 Å². The molecule has 100 valence electrons. The third-order valence-corrected chi connectivity index (χ3v) is 2.94. The Bertz CT molecular complexity index is 795. The van der Waals surface area contributed by atoms with Crippen molar-refractivity contribution in [2.24, 2.45) is 0 Å². The summed E-state index contributed by atoms with van der Waals surface area (Å²) in [5.74, 6) is -0.380. The first kappa shape index (κ1) is 12.2. The fourth-order valence-corrected chi connectivity index (χ4v) is 1.99. The number of aromatic carboxylic acids is 1. The monoisotopic (exact) mass is 269 g/mol. The van der Waals surface area contributed by atoms with E-state index >= 15 is 0 Å². The zero-order chi connectivity index (χ0) is 14.1. The number of aromatic nitrogens is 3. The first-order chi connectivity index (χ1) is 9.69. The molecule has 0 aliphatic carbocycles. The van der Waals surface area contributed by atoms with E-state index in [1.165, 1.54) is 6.20 Å². The lowest BCUT2D eigenvalue weighted by Crippen LogP contribution is -2.03. The van der Waals surface area contributed by atoms with E-state index in [0.717, 1.165) is 11.3 Å². The van der Waals surface area contributed by atoms with Crippen LogP contribution in [0, 0.1) is 0 Å². The maximum Gasteiger partial charge on any atom is 0.358 e. The van der Waals surface area contributed by atoms with Crippen LogP contribution >= 0.6 is 0 Å². The summed E-state index contributed by atoms with van der Waals surface area (Å²) < 4.78 is 6.82. The van der Waals surface area contributed by atoms with Crippen LogP contribution in [0.1, 0.15) is 10.5 Å². The number of fused-ring (bicyclic) bond motifs is 1. The van der Waals surface area contributed by atoms with Crippen LogP contribution in [-0.2, 0) is 0 Å². The van der Waals surface area contributed by atoms with Crippen molar-refractivity contribution in [1.29, 1.82) is 0 Å². The van der Waals surface area contributed by atoms with Gasteiger partial charge in [-0.1, -0.05) is 12.1 Å². The second kappa shape index (κ2) is 4.65. The Balaban J connectivity index is 2.17. The van der Waals surface area contributed by atoms with Crippen LogP contribution in [0.2, 0.25) is 0 Å². The Hall–Kier alpha value is -2.89. The van der Waals surface area contributed by atoms with Gasteiger partial charge in [0, 0.05) is 24.2 Å². The molecule has 3 aromatic rings. The summed E-state index contributed by atoms with van der Waals surface area (Å²) in [7, 11) is 1.59. The molecule has 0 saturated carbocycles. The SMILES string of the molecule is COc1cccc(-c2cn3ccnc(C(=O)O)c3n2)c1. The molecule has 1 N–H and O–H groups in total. The number of rotatable bonds is 3.